The Morgan fingerprint density at radius 1 is 1.04 bits per heavy atom. The van der Waals surface area contributed by atoms with Gasteiger partial charge in [-0.15, -0.1) is 0 Å². The Balaban J connectivity index is 1.44. The van der Waals surface area contributed by atoms with Crippen LogP contribution in [0, 0.1) is 13.8 Å². The summed E-state index contributed by atoms with van der Waals surface area (Å²) in [5.41, 5.74) is 3.43. The van der Waals surface area contributed by atoms with Crippen molar-refractivity contribution in [3.8, 4) is 0 Å². The molecule has 3 aromatic rings. The molecule has 1 aromatic carbocycles. The Morgan fingerprint density at radius 3 is 2.65 bits per heavy atom. The van der Waals surface area contributed by atoms with E-state index >= 15 is 0 Å². The van der Waals surface area contributed by atoms with Crippen molar-refractivity contribution in [1.29, 1.82) is 0 Å². The van der Waals surface area contributed by atoms with Crippen molar-refractivity contribution in [2.24, 2.45) is 0 Å². The lowest BCUT2D eigenvalue weighted by atomic mass is 10.1. The number of aryl methyl sites for hydroxylation is 2. The van der Waals surface area contributed by atoms with Crippen molar-refractivity contribution >= 4 is 16.7 Å². The van der Waals surface area contributed by atoms with Crippen molar-refractivity contribution in [3.05, 3.63) is 53.2 Å². The number of furan rings is 1. The van der Waals surface area contributed by atoms with Crippen molar-refractivity contribution in [1.82, 2.24) is 14.9 Å². The third-order valence-corrected chi connectivity index (χ3v) is 4.88. The van der Waals surface area contributed by atoms with Gasteiger partial charge in [-0.2, -0.15) is 0 Å². The number of nitrogens with zero attached hydrogens (tertiary/aromatic N) is 3. The van der Waals surface area contributed by atoms with Crippen LogP contribution in [0.25, 0.3) is 10.9 Å². The fourth-order valence-corrected chi connectivity index (χ4v) is 3.21. The molecule has 1 saturated heterocycles. The quantitative estimate of drug-likeness (QED) is 0.760. The molecule has 0 spiro atoms. The van der Waals surface area contributed by atoms with Crippen LogP contribution >= 0.6 is 0 Å². The normalized spacial score (nSPS) is 15.5. The molecule has 4 rings (SSSR count). The van der Waals surface area contributed by atoms with E-state index in [9.17, 15) is 0 Å². The van der Waals surface area contributed by atoms with E-state index in [2.05, 4.69) is 52.2 Å². The molecule has 0 unspecified atom stereocenters. The van der Waals surface area contributed by atoms with Gasteiger partial charge in [0, 0.05) is 18.5 Å². The van der Waals surface area contributed by atoms with Crippen LogP contribution < -0.4 is 5.32 Å². The first-order valence-electron chi connectivity index (χ1n) is 9.02. The van der Waals surface area contributed by atoms with Crippen LogP contribution in [0.1, 0.15) is 22.6 Å². The van der Waals surface area contributed by atoms with E-state index in [4.69, 9.17) is 9.15 Å². The summed E-state index contributed by atoms with van der Waals surface area (Å²) < 4.78 is 11.4. The van der Waals surface area contributed by atoms with E-state index in [1.54, 1.807) is 6.33 Å². The van der Waals surface area contributed by atoms with Crippen LogP contribution in [-0.2, 0) is 17.8 Å². The van der Waals surface area contributed by atoms with Gasteiger partial charge < -0.3 is 14.5 Å². The first kappa shape index (κ1) is 17.0. The van der Waals surface area contributed by atoms with Gasteiger partial charge in [0.25, 0.3) is 0 Å². The minimum absolute atomic E-state index is 0.599. The molecule has 3 heterocycles. The number of nitrogens with one attached hydrogen (secondary N) is 1. The van der Waals surface area contributed by atoms with Gasteiger partial charge in [-0.1, -0.05) is 0 Å². The largest absolute Gasteiger partial charge is 0.463 e. The Labute approximate surface area is 153 Å². The first-order chi connectivity index (χ1) is 12.7. The van der Waals surface area contributed by atoms with E-state index in [1.807, 2.05) is 6.07 Å². The van der Waals surface area contributed by atoms with E-state index in [0.29, 0.717) is 6.54 Å². The van der Waals surface area contributed by atoms with Gasteiger partial charge in [0.15, 0.2) is 0 Å². The van der Waals surface area contributed by atoms with Crippen LogP contribution in [-0.4, -0.2) is 41.2 Å². The Hall–Kier alpha value is -2.44. The summed E-state index contributed by atoms with van der Waals surface area (Å²) in [4.78, 5) is 11.1. The number of aromatic nitrogens is 2. The summed E-state index contributed by atoms with van der Waals surface area (Å²) in [6, 6.07) is 8.32. The van der Waals surface area contributed by atoms with Gasteiger partial charge >= 0.3 is 0 Å². The molecule has 6 heteroatoms. The molecular formula is C20H24N4O2. The van der Waals surface area contributed by atoms with Gasteiger partial charge in [-0.25, -0.2) is 9.97 Å². The molecule has 0 radical (unpaired) electrons. The van der Waals surface area contributed by atoms with E-state index in [-0.39, 0.29) is 0 Å². The molecule has 0 aliphatic carbocycles. The molecule has 1 fully saturated rings. The predicted octanol–water partition coefficient (Wildman–Crippen LogP) is 3.28. The average molecular weight is 352 g/mol. The Kier molecular flexibility index (Phi) is 4.86. The number of hydrogen-bond acceptors (Lipinski definition) is 6. The maximum atomic E-state index is 5.97. The first-order valence-corrected chi connectivity index (χ1v) is 9.02. The second-order valence-electron chi connectivity index (χ2n) is 6.79. The lowest BCUT2D eigenvalue weighted by Crippen LogP contribution is -2.35. The lowest BCUT2D eigenvalue weighted by molar-refractivity contribution is 0.0312. The van der Waals surface area contributed by atoms with Crippen molar-refractivity contribution in [3.63, 3.8) is 0 Å². The summed E-state index contributed by atoms with van der Waals surface area (Å²) >= 11 is 0. The third-order valence-electron chi connectivity index (χ3n) is 4.88. The number of hydrogen-bond donors (Lipinski definition) is 1. The number of ether oxygens (including phenoxy) is 1. The second kappa shape index (κ2) is 7.43. The van der Waals surface area contributed by atoms with Crippen molar-refractivity contribution in [2.45, 2.75) is 26.9 Å². The van der Waals surface area contributed by atoms with E-state index < -0.39 is 0 Å². The standard InChI is InChI=1S/C20H24N4O2/c1-14-9-18-19(10-15(14)2)22-13-23-20(18)21-11-16-3-4-17(26-16)12-24-5-7-25-8-6-24/h3-4,9-10,13H,5-8,11-12H2,1-2H3,(H,21,22,23). The SMILES string of the molecule is Cc1cc2ncnc(NCc3ccc(CN4CCOCC4)o3)c2cc1C. The lowest BCUT2D eigenvalue weighted by Gasteiger charge is -2.25. The molecule has 0 amide bonds. The molecule has 6 nitrogen and oxygen atoms in total. The summed E-state index contributed by atoms with van der Waals surface area (Å²) in [7, 11) is 0. The second-order valence-corrected chi connectivity index (χ2v) is 6.79. The summed E-state index contributed by atoms with van der Waals surface area (Å²) in [5.74, 6) is 2.73. The molecule has 26 heavy (non-hydrogen) atoms. The fraction of sp³-hybridized carbons (Fsp3) is 0.400. The van der Waals surface area contributed by atoms with Crippen LogP contribution in [0.2, 0.25) is 0 Å². The number of benzene rings is 1. The highest BCUT2D eigenvalue weighted by atomic mass is 16.5. The van der Waals surface area contributed by atoms with E-state index in [0.717, 1.165) is 61.1 Å². The maximum Gasteiger partial charge on any atom is 0.137 e. The Bertz CT molecular complexity index is 900. The van der Waals surface area contributed by atoms with Crippen LogP contribution in [0.4, 0.5) is 5.82 Å². The topological polar surface area (TPSA) is 63.4 Å². The highest BCUT2D eigenvalue weighted by Gasteiger charge is 2.13. The van der Waals surface area contributed by atoms with Gasteiger partial charge in [0.2, 0.25) is 0 Å². The molecule has 0 bridgehead atoms. The molecule has 0 saturated carbocycles. The van der Waals surface area contributed by atoms with Gasteiger partial charge in [0.05, 0.1) is 31.8 Å². The highest BCUT2D eigenvalue weighted by molar-refractivity contribution is 5.89. The minimum Gasteiger partial charge on any atom is -0.463 e. The monoisotopic (exact) mass is 352 g/mol. The van der Waals surface area contributed by atoms with Crippen molar-refractivity contribution < 1.29 is 9.15 Å². The zero-order valence-corrected chi connectivity index (χ0v) is 15.3. The number of anilines is 1. The molecule has 0 atom stereocenters. The van der Waals surface area contributed by atoms with Gasteiger partial charge in [0.1, 0.15) is 23.7 Å². The van der Waals surface area contributed by atoms with E-state index in [1.165, 1.54) is 11.1 Å². The maximum absolute atomic E-state index is 5.97. The highest BCUT2D eigenvalue weighted by Crippen LogP contribution is 2.23. The molecular weight excluding hydrogens is 328 g/mol. The number of fused-ring (bicyclic) bond motifs is 1. The molecule has 1 N–H and O–H groups in total. The van der Waals surface area contributed by atoms with Gasteiger partial charge in [-0.05, 0) is 49.2 Å². The zero-order chi connectivity index (χ0) is 17.9. The third kappa shape index (κ3) is 3.71. The molecule has 1 aliphatic heterocycles. The smallest absolute Gasteiger partial charge is 0.137 e. The molecule has 136 valence electrons. The number of morpholine rings is 1. The Morgan fingerprint density at radius 2 is 1.81 bits per heavy atom. The predicted molar refractivity (Wildman–Crippen MR) is 101 cm³/mol. The van der Waals surface area contributed by atoms with Gasteiger partial charge in [-0.3, -0.25) is 4.90 Å². The minimum atomic E-state index is 0.599. The van der Waals surface area contributed by atoms with Crippen LogP contribution in [0.3, 0.4) is 0 Å². The zero-order valence-electron chi connectivity index (χ0n) is 15.3. The summed E-state index contributed by atoms with van der Waals surface area (Å²) in [6.45, 7) is 9.16. The van der Waals surface area contributed by atoms with Crippen molar-refractivity contribution in [2.75, 3.05) is 31.6 Å². The summed E-state index contributed by atoms with van der Waals surface area (Å²) in [5, 5.41) is 4.43. The molecule has 1 aliphatic rings. The summed E-state index contributed by atoms with van der Waals surface area (Å²) in [6.07, 6.45) is 1.60. The number of rotatable bonds is 5. The van der Waals surface area contributed by atoms with Crippen LogP contribution in [0.15, 0.2) is 35.0 Å². The molecule has 2 aromatic heterocycles. The van der Waals surface area contributed by atoms with Crippen LogP contribution in [0.5, 0.6) is 0 Å². The average Bonchev–Trinajstić information content (AvgIpc) is 3.09. The fourth-order valence-electron chi connectivity index (χ4n) is 3.21.